The van der Waals surface area contributed by atoms with Crippen molar-refractivity contribution >= 4 is 23.1 Å². The predicted octanol–water partition coefficient (Wildman–Crippen LogP) is 5.50. The van der Waals surface area contributed by atoms with E-state index in [0.717, 1.165) is 25.1 Å². The van der Waals surface area contributed by atoms with Crippen LogP contribution in [0.4, 0.5) is 13.2 Å². The fourth-order valence-electron chi connectivity index (χ4n) is 2.74. The highest BCUT2D eigenvalue weighted by Crippen LogP contribution is 2.35. The lowest BCUT2D eigenvalue weighted by Gasteiger charge is -2.08. The molecule has 11 heteroatoms. The minimum Gasteiger partial charge on any atom is -0.338 e. The van der Waals surface area contributed by atoms with E-state index in [0.29, 0.717) is 11.0 Å². The Bertz CT molecular complexity index is 1110. The third-order valence-electron chi connectivity index (χ3n) is 4.28. The van der Waals surface area contributed by atoms with Gasteiger partial charge in [0.05, 0.1) is 10.8 Å². The number of aromatic nitrogens is 5. The van der Waals surface area contributed by atoms with Crippen molar-refractivity contribution in [3.8, 4) is 11.4 Å². The average molecular weight is 451 g/mol. The molecule has 0 N–H and O–H groups in total. The zero-order valence-corrected chi connectivity index (χ0v) is 17.3. The van der Waals surface area contributed by atoms with Crippen LogP contribution < -0.4 is 0 Å². The molecule has 0 spiro atoms. The molecule has 1 aromatic carbocycles. The Balaban J connectivity index is 1.45. The number of aryl methyl sites for hydroxylation is 2. The first-order valence-electron chi connectivity index (χ1n) is 8.98. The van der Waals surface area contributed by atoms with Gasteiger partial charge in [-0.05, 0) is 36.9 Å². The third kappa shape index (κ3) is 4.73. The summed E-state index contributed by atoms with van der Waals surface area (Å²) < 4.78 is 46.1. The smallest absolute Gasteiger partial charge is 0.338 e. The summed E-state index contributed by atoms with van der Waals surface area (Å²) in [6.07, 6.45) is -1.89. The van der Waals surface area contributed by atoms with Crippen molar-refractivity contribution < 1.29 is 17.7 Å². The van der Waals surface area contributed by atoms with Crippen molar-refractivity contribution in [1.29, 1.82) is 0 Å². The van der Waals surface area contributed by atoms with E-state index < -0.39 is 11.7 Å². The normalized spacial score (nSPS) is 12.9. The number of alkyl halides is 3. The molecule has 0 aliphatic carbocycles. The van der Waals surface area contributed by atoms with Gasteiger partial charge in [0.25, 0.3) is 0 Å². The van der Waals surface area contributed by atoms with E-state index >= 15 is 0 Å². The van der Waals surface area contributed by atoms with Crippen molar-refractivity contribution in [2.24, 2.45) is 0 Å². The summed E-state index contributed by atoms with van der Waals surface area (Å²) in [5.41, 5.74) is -0.510. The molecule has 0 aliphatic heterocycles. The Morgan fingerprint density at radius 3 is 2.87 bits per heavy atom. The summed E-state index contributed by atoms with van der Waals surface area (Å²) >= 11 is 3.10. The molecule has 1 unspecified atom stereocenters. The molecule has 156 valence electrons. The second kappa shape index (κ2) is 8.60. The lowest BCUT2D eigenvalue weighted by molar-refractivity contribution is -0.137. The molecule has 0 radical (unpaired) electrons. The second-order valence-corrected chi connectivity index (χ2v) is 8.77. The minimum atomic E-state index is -4.43. The van der Waals surface area contributed by atoms with Crippen LogP contribution in [-0.2, 0) is 19.1 Å². The number of thioether (sulfide) groups is 1. The highest BCUT2D eigenvalue weighted by molar-refractivity contribution is 7.99. The van der Waals surface area contributed by atoms with E-state index in [2.05, 4.69) is 26.4 Å². The zero-order valence-electron chi connectivity index (χ0n) is 15.7. The highest BCUT2D eigenvalue weighted by atomic mass is 32.2. The highest BCUT2D eigenvalue weighted by Gasteiger charge is 2.31. The zero-order chi connectivity index (χ0) is 21.1. The summed E-state index contributed by atoms with van der Waals surface area (Å²) in [5, 5.41) is 14.5. The minimum absolute atomic E-state index is 0.114. The molecular formula is C19H16F3N5OS2. The number of benzene rings is 1. The number of nitrogens with zero attached hydrogens (tertiary/aromatic N) is 5. The first-order valence-corrected chi connectivity index (χ1v) is 10.7. The van der Waals surface area contributed by atoms with Crippen LogP contribution in [0.3, 0.4) is 0 Å². The number of rotatable bonds is 7. The Morgan fingerprint density at radius 1 is 1.23 bits per heavy atom. The number of halogens is 3. The fraction of sp³-hybridized carbons (Fsp3) is 0.263. The Labute approximate surface area is 178 Å². The number of thiophene rings is 1. The third-order valence-corrected chi connectivity index (χ3v) is 6.30. The molecule has 0 aliphatic rings. The lowest BCUT2D eigenvalue weighted by atomic mass is 10.1. The van der Waals surface area contributed by atoms with Gasteiger partial charge in [-0.2, -0.15) is 18.2 Å². The van der Waals surface area contributed by atoms with Gasteiger partial charge < -0.3 is 9.09 Å². The molecule has 1 atom stereocenters. The molecule has 4 rings (SSSR count). The average Bonchev–Trinajstić information content (AvgIpc) is 3.47. The maximum atomic E-state index is 12.9. The van der Waals surface area contributed by atoms with Gasteiger partial charge in [-0.25, -0.2) is 0 Å². The Morgan fingerprint density at radius 2 is 2.10 bits per heavy atom. The molecule has 0 saturated carbocycles. The molecular weight excluding hydrogens is 435 g/mol. The molecule has 6 nitrogen and oxygen atoms in total. The van der Waals surface area contributed by atoms with Crippen LogP contribution in [0.1, 0.15) is 28.5 Å². The molecule has 0 saturated heterocycles. The molecule has 0 fully saturated rings. The molecule has 0 bridgehead atoms. The Hall–Kier alpha value is -2.66. The van der Waals surface area contributed by atoms with Gasteiger partial charge in [0.15, 0.2) is 5.16 Å². The number of hydrogen-bond donors (Lipinski definition) is 0. The van der Waals surface area contributed by atoms with Crippen LogP contribution in [0, 0.1) is 0 Å². The maximum absolute atomic E-state index is 12.9. The summed E-state index contributed by atoms with van der Waals surface area (Å²) in [6, 6.07) is 8.95. The quantitative estimate of drug-likeness (QED) is 0.346. The van der Waals surface area contributed by atoms with Crippen molar-refractivity contribution in [1.82, 2.24) is 24.9 Å². The molecule has 0 amide bonds. The number of hydrogen-bond acceptors (Lipinski definition) is 7. The summed E-state index contributed by atoms with van der Waals surface area (Å²) in [7, 11) is 0. The van der Waals surface area contributed by atoms with Gasteiger partial charge >= 0.3 is 6.18 Å². The lowest BCUT2D eigenvalue weighted by Crippen LogP contribution is -2.04. The van der Waals surface area contributed by atoms with Crippen molar-refractivity contribution in [2.75, 3.05) is 0 Å². The van der Waals surface area contributed by atoms with E-state index in [1.165, 1.54) is 28.8 Å². The molecule has 4 aromatic rings. The summed E-state index contributed by atoms with van der Waals surface area (Å²) in [6.45, 7) is 2.61. The molecule has 3 heterocycles. The maximum Gasteiger partial charge on any atom is 0.416 e. The Kier molecular flexibility index (Phi) is 5.91. The van der Waals surface area contributed by atoms with E-state index in [-0.39, 0.29) is 16.6 Å². The largest absolute Gasteiger partial charge is 0.416 e. The van der Waals surface area contributed by atoms with Crippen molar-refractivity contribution in [2.45, 2.75) is 36.5 Å². The van der Waals surface area contributed by atoms with E-state index in [1.54, 1.807) is 17.7 Å². The van der Waals surface area contributed by atoms with E-state index in [4.69, 9.17) is 4.52 Å². The van der Waals surface area contributed by atoms with Crippen LogP contribution >= 0.6 is 23.1 Å². The van der Waals surface area contributed by atoms with Crippen molar-refractivity contribution in [3.63, 3.8) is 0 Å². The summed E-state index contributed by atoms with van der Waals surface area (Å²) in [5.74, 6) is 0.419. The standard InChI is InChI=1S/C19H16F3N5OS2/c1-12(30-18-25-23-11-27(18)8-7-15-6-3-9-29-15)17-24-16(26-28-17)13-4-2-5-14(10-13)19(20,21)22/h2-6,9-12H,7-8H2,1H3. The van der Waals surface area contributed by atoms with Gasteiger partial charge in [-0.1, -0.05) is 35.1 Å². The van der Waals surface area contributed by atoms with E-state index in [1.807, 2.05) is 22.9 Å². The molecule has 30 heavy (non-hydrogen) atoms. The second-order valence-electron chi connectivity index (χ2n) is 6.43. The first kappa shape index (κ1) is 20.6. The van der Waals surface area contributed by atoms with Gasteiger partial charge in [0.1, 0.15) is 6.33 Å². The van der Waals surface area contributed by atoms with Crippen LogP contribution in [0.15, 0.2) is 57.8 Å². The van der Waals surface area contributed by atoms with Gasteiger partial charge in [0, 0.05) is 17.0 Å². The fourth-order valence-corrected chi connectivity index (χ4v) is 4.31. The van der Waals surface area contributed by atoms with Gasteiger partial charge in [-0.3, -0.25) is 0 Å². The SMILES string of the molecule is CC(Sc1nncn1CCc1cccs1)c1nc(-c2cccc(C(F)(F)F)c2)no1. The summed E-state index contributed by atoms with van der Waals surface area (Å²) in [4.78, 5) is 5.55. The monoisotopic (exact) mass is 451 g/mol. The van der Waals surface area contributed by atoms with Crippen LogP contribution in [0.5, 0.6) is 0 Å². The van der Waals surface area contributed by atoms with Crippen LogP contribution in [0.25, 0.3) is 11.4 Å². The van der Waals surface area contributed by atoms with E-state index in [9.17, 15) is 13.2 Å². The van der Waals surface area contributed by atoms with Crippen LogP contribution in [-0.4, -0.2) is 24.9 Å². The van der Waals surface area contributed by atoms with Crippen molar-refractivity contribution in [3.05, 3.63) is 64.4 Å². The van der Waals surface area contributed by atoms with Gasteiger partial charge in [-0.15, -0.1) is 21.5 Å². The first-order chi connectivity index (χ1) is 14.4. The van der Waals surface area contributed by atoms with Crippen LogP contribution in [0.2, 0.25) is 0 Å². The molecule has 3 aromatic heterocycles. The topological polar surface area (TPSA) is 69.6 Å². The van der Waals surface area contributed by atoms with Gasteiger partial charge in [0.2, 0.25) is 11.7 Å². The predicted molar refractivity (Wildman–Crippen MR) is 107 cm³/mol.